The molecule has 1 atom stereocenters. The van der Waals surface area contributed by atoms with Crippen molar-refractivity contribution in [2.45, 2.75) is 58.6 Å². The third-order valence-electron chi connectivity index (χ3n) is 3.93. The SMILES string of the molecule is CC1CN(CC(C)(C)O)CCN1c1ccnc(C(C)(C)C)n1. The molecule has 5 nitrogen and oxygen atoms in total. The molecule has 0 aromatic carbocycles. The Morgan fingerprint density at radius 3 is 2.45 bits per heavy atom. The minimum Gasteiger partial charge on any atom is -0.389 e. The molecule has 5 heteroatoms. The van der Waals surface area contributed by atoms with Crippen LogP contribution in [0.2, 0.25) is 0 Å². The molecule has 22 heavy (non-hydrogen) atoms. The van der Waals surface area contributed by atoms with Crippen molar-refractivity contribution in [2.24, 2.45) is 0 Å². The number of anilines is 1. The van der Waals surface area contributed by atoms with Crippen molar-refractivity contribution < 1.29 is 5.11 Å². The quantitative estimate of drug-likeness (QED) is 0.926. The Balaban J connectivity index is 2.09. The molecule has 0 bridgehead atoms. The van der Waals surface area contributed by atoms with Gasteiger partial charge in [0.25, 0.3) is 0 Å². The van der Waals surface area contributed by atoms with Crippen molar-refractivity contribution >= 4 is 5.82 Å². The molecule has 1 N–H and O–H groups in total. The standard InChI is InChI=1S/C17H30N4O/c1-13-11-20(12-17(5,6)22)9-10-21(13)14-7-8-18-15(19-14)16(2,3)4/h7-8,13,22H,9-12H2,1-6H3. The molecule has 2 heterocycles. The van der Waals surface area contributed by atoms with E-state index in [1.165, 1.54) is 0 Å². The van der Waals surface area contributed by atoms with Crippen LogP contribution in [-0.2, 0) is 5.41 Å². The molecule has 1 aromatic rings. The van der Waals surface area contributed by atoms with E-state index in [4.69, 9.17) is 4.98 Å². The minimum absolute atomic E-state index is 0.0397. The Hall–Kier alpha value is -1.20. The predicted octanol–water partition coefficient (Wildman–Crippen LogP) is 2.06. The van der Waals surface area contributed by atoms with E-state index in [0.717, 1.165) is 31.3 Å². The van der Waals surface area contributed by atoms with Crippen LogP contribution in [0.3, 0.4) is 0 Å². The lowest BCUT2D eigenvalue weighted by Gasteiger charge is -2.42. The van der Waals surface area contributed by atoms with Gasteiger partial charge in [0.15, 0.2) is 0 Å². The predicted molar refractivity (Wildman–Crippen MR) is 90.3 cm³/mol. The Morgan fingerprint density at radius 2 is 1.91 bits per heavy atom. The fourth-order valence-electron chi connectivity index (χ4n) is 2.93. The van der Waals surface area contributed by atoms with Crippen molar-refractivity contribution in [3.63, 3.8) is 0 Å². The largest absolute Gasteiger partial charge is 0.389 e. The maximum atomic E-state index is 9.99. The van der Waals surface area contributed by atoms with E-state index in [0.29, 0.717) is 12.6 Å². The minimum atomic E-state index is -0.643. The first-order valence-electron chi connectivity index (χ1n) is 8.11. The second-order valence-corrected chi connectivity index (χ2v) is 8.08. The molecule has 1 fully saturated rings. The zero-order valence-electron chi connectivity index (χ0n) is 14.8. The first kappa shape index (κ1) is 17.2. The summed E-state index contributed by atoms with van der Waals surface area (Å²) in [6.45, 7) is 15.9. The first-order valence-corrected chi connectivity index (χ1v) is 8.11. The van der Waals surface area contributed by atoms with Crippen molar-refractivity contribution in [1.29, 1.82) is 0 Å². The molecular formula is C17H30N4O. The molecule has 124 valence electrons. The summed E-state index contributed by atoms with van der Waals surface area (Å²) in [7, 11) is 0. The zero-order chi connectivity index (χ0) is 16.5. The van der Waals surface area contributed by atoms with Gasteiger partial charge in [-0.3, -0.25) is 4.90 Å². The van der Waals surface area contributed by atoms with Gasteiger partial charge in [-0.15, -0.1) is 0 Å². The lowest BCUT2D eigenvalue weighted by Crippen LogP contribution is -2.55. The number of aliphatic hydroxyl groups is 1. The van der Waals surface area contributed by atoms with Gasteiger partial charge in [-0.25, -0.2) is 9.97 Å². The summed E-state index contributed by atoms with van der Waals surface area (Å²) in [4.78, 5) is 13.8. The molecule has 0 amide bonds. The third kappa shape index (κ3) is 4.40. The van der Waals surface area contributed by atoms with Crippen molar-refractivity contribution in [3.05, 3.63) is 18.1 Å². The van der Waals surface area contributed by atoms with Crippen LogP contribution in [0, 0.1) is 0 Å². The van der Waals surface area contributed by atoms with Crippen LogP contribution in [0.25, 0.3) is 0 Å². The van der Waals surface area contributed by atoms with Crippen LogP contribution >= 0.6 is 0 Å². The average Bonchev–Trinajstić information content (AvgIpc) is 2.36. The van der Waals surface area contributed by atoms with Crippen molar-refractivity contribution in [2.75, 3.05) is 31.1 Å². The summed E-state index contributed by atoms with van der Waals surface area (Å²) in [5.41, 5.74) is -0.682. The molecular weight excluding hydrogens is 276 g/mol. The number of rotatable bonds is 3. The van der Waals surface area contributed by atoms with Crippen LogP contribution in [0.15, 0.2) is 12.3 Å². The summed E-state index contributed by atoms with van der Waals surface area (Å²) >= 11 is 0. The molecule has 2 rings (SSSR count). The fourth-order valence-corrected chi connectivity index (χ4v) is 2.93. The van der Waals surface area contributed by atoms with E-state index >= 15 is 0 Å². The monoisotopic (exact) mass is 306 g/mol. The topological polar surface area (TPSA) is 52.5 Å². The van der Waals surface area contributed by atoms with E-state index in [1.54, 1.807) is 0 Å². The maximum Gasteiger partial charge on any atom is 0.135 e. The molecule has 0 radical (unpaired) electrons. The highest BCUT2D eigenvalue weighted by molar-refractivity contribution is 5.40. The second kappa shape index (κ2) is 6.13. The number of piperazine rings is 1. The summed E-state index contributed by atoms with van der Waals surface area (Å²) in [6, 6.07) is 2.37. The smallest absolute Gasteiger partial charge is 0.135 e. The summed E-state index contributed by atoms with van der Waals surface area (Å²) in [6.07, 6.45) is 1.86. The highest BCUT2D eigenvalue weighted by atomic mass is 16.3. The van der Waals surface area contributed by atoms with E-state index in [2.05, 4.69) is 42.5 Å². The summed E-state index contributed by atoms with van der Waals surface area (Å²) in [5.74, 6) is 1.89. The number of β-amino-alcohol motifs (C(OH)–C–C–N with tert-alkyl or cyclic N) is 1. The molecule has 1 aliphatic rings. The van der Waals surface area contributed by atoms with Gasteiger partial charge in [0, 0.05) is 43.8 Å². The van der Waals surface area contributed by atoms with E-state index in [-0.39, 0.29) is 5.41 Å². The van der Waals surface area contributed by atoms with Crippen molar-refractivity contribution in [1.82, 2.24) is 14.9 Å². The molecule has 0 spiro atoms. The van der Waals surface area contributed by atoms with Crippen molar-refractivity contribution in [3.8, 4) is 0 Å². The molecule has 0 saturated carbocycles. The number of hydrogen-bond donors (Lipinski definition) is 1. The molecule has 1 aliphatic heterocycles. The van der Waals surface area contributed by atoms with Gasteiger partial charge >= 0.3 is 0 Å². The molecule has 1 unspecified atom stereocenters. The maximum absolute atomic E-state index is 9.99. The van der Waals surface area contributed by atoms with E-state index in [9.17, 15) is 5.11 Å². The van der Waals surface area contributed by atoms with Gasteiger partial charge in [-0.1, -0.05) is 20.8 Å². The third-order valence-corrected chi connectivity index (χ3v) is 3.93. The number of aromatic nitrogens is 2. The molecule has 1 saturated heterocycles. The van der Waals surface area contributed by atoms with Gasteiger partial charge in [0.2, 0.25) is 0 Å². The number of hydrogen-bond acceptors (Lipinski definition) is 5. The van der Waals surface area contributed by atoms with Crippen LogP contribution < -0.4 is 4.90 Å². The van der Waals surface area contributed by atoms with E-state index < -0.39 is 5.60 Å². The highest BCUT2D eigenvalue weighted by Crippen LogP contribution is 2.23. The van der Waals surface area contributed by atoms with Crippen LogP contribution in [0.1, 0.15) is 47.4 Å². The Morgan fingerprint density at radius 1 is 1.23 bits per heavy atom. The normalized spacial score (nSPS) is 21.2. The van der Waals surface area contributed by atoms with Gasteiger partial charge in [0.1, 0.15) is 11.6 Å². The fraction of sp³-hybridized carbons (Fsp3) is 0.765. The summed E-state index contributed by atoms with van der Waals surface area (Å²) in [5, 5.41) is 9.99. The first-order chi connectivity index (χ1) is 10.1. The molecule has 0 aliphatic carbocycles. The molecule has 1 aromatic heterocycles. The summed E-state index contributed by atoms with van der Waals surface area (Å²) < 4.78 is 0. The highest BCUT2D eigenvalue weighted by Gasteiger charge is 2.28. The lowest BCUT2D eigenvalue weighted by molar-refractivity contribution is 0.0307. The Kier molecular flexibility index (Phi) is 4.78. The Bertz CT molecular complexity index is 504. The lowest BCUT2D eigenvalue weighted by atomic mass is 9.96. The van der Waals surface area contributed by atoms with Gasteiger partial charge in [0.05, 0.1) is 5.60 Å². The van der Waals surface area contributed by atoms with Gasteiger partial charge in [-0.05, 0) is 26.8 Å². The average molecular weight is 306 g/mol. The van der Waals surface area contributed by atoms with Crippen LogP contribution in [0.4, 0.5) is 5.82 Å². The van der Waals surface area contributed by atoms with E-state index in [1.807, 2.05) is 26.1 Å². The Labute approximate surface area is 134 Å². The number of nitrogens with zero attached hydrogens (tertiary/aromatic N) is 4. The zero-order valence-corrected chi connectivity index (χ0v) is 14.8. The van der Waals surface area contributed by atoms with Crippen LogP contribution in [-0.4, -0.2) is 57.8 Å². The van der Waals surface area contributed by atoms with Gasteiger partial charge < -0.3 is 10.0 Å². The van der Waals surface area contributed by atoms with Crippen LogP contribution in [0.5, 0.6) is 0 Å². The second-order valence-electron chi connectivity index (χ2n) is 8.08. The van der Waals surface area contributed by atoms with Gasteiger partial charge in [-0.2, -0.15) is 0 Å².